The van der Waals surface area contributed by atoms with E-state index in [-0.39, 0.29) is 0 Å². The van der Waals surface area contributed by atoms with Crippen LogP contribution in [0.3, 0.4) is 0 Å². The third kappa shape index (κ3) is 3.04. The zero-order valence-electron chi connectivity index (χ0n) is 11.4. The van der Waals surface area contributed by atoms with E-state index in [9.17, 15) is 0 Å². The molecular formula is C15H22Br2S. The highest BCUT2D eigenvalue weighted by Gasteiger charge is 2.42. The molecule has 0 aliphatic heterocycles. The number of hydrogen-bond donors (Lipinski definition) is 0. The lowest BCUT2D eigenvalue weighted by molar-refractivity contribution is 0.231. The molecule has 0 N–H and O–H groups in total. The van der Waals surface area contributed by atoms with E-state index < -0.39 is 0 Å². The Kier molecular flexibility index (Phi) is 4.99. The smallest absolute Gasteiger partial charge is 0.0556 e. The Morgan fingerprint density at radius 3 is 2.39 bits per heavy atom. The van der Waals surface area contributed by atoms with Gasteiger partial charge in [0.25, 0.3) is 0 Å². The van der Waals surface area contributed by atoms with Crippen LogP contribution < -0.4 is 0 Å². The first kappa shape index (κ1) is 15.1. The first-order valence-corrected chi connectivity index (χ1v) is 9.37. The Bertz CT molecular complexity index is 403. The van der Waals surface area contributed by atoms with E-state index in [2.05, 4.69) is 58.7 Å². The Morgan fingerprint density at radius 1 is 1.33 bits per heavy atom. The van der Waals surface area contributed by atoms with Gasteiger partial charge in [-0.2, -0.15) is 0 Å². The predicted octanol–water partition coefficient (Wildman–Crippen LogP) is 6.86. The summed E-state index contributed by atoms with van der Waals surface area (Å²) in [5.74, 6) is 0.781. The number of thiophene rings is 1. The minimum absolute atomic E-state index is 0.480. The van der Waals surface area contributed by atoms with Crippen LogP contribution in [0.4, 0.5) is 0 Å². The van der Waals surface area contributed by atoms with Crippen LogP contribution in [0.15, 0.2) is 10.5 Å². The summed E-state index contributed by atoms with van der Waals surface area (Å²) in [6.45, 7) is 6.91. The highest BCUT2D eigenvalue weighted by Crippen LogP contribution is 2.57. The number of halogens is 2. The molecular weight excluding hydrogens is 372 g/mol. The quantitative estimate of drug-likeness (QED) is 0.490. The Morgan fingerprint density at radius 2 is 1.94 bits per heavy atom. The van der Waals surface area contributed by atoms with Crippen LogP contribution in [0.5, 0.6) is 0 Å². The van der Waals surface area contributed by atoms with Crippen LogP contribution >= 0.6 is 43.2 Å². The number of hydrogen-bond acceptors (Lipinski definition) is 1. The Hall–Kier alpha value is 0.660. The van der Waals surface area contributed by atoms with E-state index >= 15 is 0 Å². The maximum absolute atomic E-state index is 4.04. The number of aryl methyl sites for hydroxylation is 1. The van der Waals surface area contributed by atoms with E-state index in [0.29, 0.717) is 10.2 Å². The molecule has 0 amide bonds. The summed E-state index contributed by atoms with van der Waals surface area (Å²) >= 11 is 9.72. The van der Waals surface area contributed by atoms with Gasteiger partial charge in [-0.05, 0) is 59.5 Å². The molecule has 1 aromatic heterocycles. The van der Waals surface area contributed by atoms with Gasteiger partial charge in [0.15, 0.2) is 0 Å². The van der Waals surface area contributed by atoms with Crippen molar-refractivity contribution in [2.24, 2.45) is 11.3 Å². The zero-order valence-corrected chi connectivity index (χ0v) is 15.4. The Balaban J connectivity index is 2.28. The van der Waals surface area contributed by atoms with E-state index in [1.807, 2.05) is 11.3 Å². The van der Waals surface area contributed by atoms with Crippen molar-refractivity contribution in [1.82, 2.24) is 0 Å². The molecule has 0 spiro atoms. The van der Waals surface area contributed by atoms with Crippen LogP contribution in [0.2, 0.25) is 0 Å². The molecule has 1 fully saturated rings. The molecule has 0 bridgehead atoms. The fourth-order valence-corrected chi connectivity index (χ4v) is 6.88. The lowest BCUT2D eigenvalue weighted by Crippen LogP contribution is -2.24. The standard InChI is InChI=1S/C15H22Br2S/c1-10(2)9-15(6-4-5-7-15)14(17)13-12(16)8-11(3)18-13/h8,10,14H,4-7,9H2,1-3H3. The van der Waals surface area contributed by atoms with Crippen molar-refractivity contribution >= 4 is 43.2 Å². The van der Waals surface area contributed by atoms with Crippen molar-refractivity contribution in [3.63, 3.8) is 0 Å². The van der Waals surface area contributed by atoms with Gasteiger partial charge in [-0.1, -0.05) is 42.6 Å². The van der Waals surface area contributed by atoms with Crippen molar-refractivity contribution < 1.29 is 0 Å². The second-order valence-electron chi connectivity index (χ2n) is 6.10. The third-order valence-corrected chi connectivity index (χ3v) is 7.78. The lowest BCUT2D eigenvalue weighted by Gasteiger charge is -2.35. The minimum atomic E-state index is 0.480. The summed E-state index contributed by atoms with van der Waals surface area (Å²) in [6, 6.07) is 2.26. The maximum atomic E-state index is 4.04. The van der Waals surface area contributed by atoms with Crippen molar-refractivity contribution in [1.29, 1.82) is 0 Å². The average molecular weight is 394 g/mol. The molecule has 1 atom stereocenters. The molecule has 1 unspecified atom stereocenters. The molecule has 0 saturated heterocycles. The van der Waals surface area contributed by atoms with E-state index in [1.165, 1.54) is 46.3 Å². The molecule has 0 aromatic carbocycles. The largest absolute Gasteiger partial charge is 0.143 e. The molecule has 0 radical (unpaired) electrons. The number of alkyl halides is 1. The average Bonchev–Trinajstić information content (AvgIpc) is 2.84. The van der Waals surface area contributed by atoms with Crippen molar-refractivity contribution in [3.05, 3.63) is 20.3 Å². The Labute approximate surface area is 132 Å². The van der Waals surface area contributed by atoms with Crippen LogP contribution in [-0.4, -0.2) is 0 Å². The molecule has 1 aliphatic carbocycles. The molecule has 0 nitrogen and oxygen atoms in total. The van der Waals surface area contributed by atoms with Gasteiger partial charge in [-0.25, -0.2) is 0 Å². The second kappa shape index (κ2) is 5.97. The highest BCUT2D eigenvalue weighted by atomic mass is 79.9. The van der Waals surface area contributed by atoms with Crippen molar-refractivity contribution in [2.75, 3.05) is 0 Å². The van der Waals surface area contributed by atoms with Gasteiger partial charge >= 0.3 is 0 Å². The first-order valence-electron chi connectivity index (χ1n) is 6.84. The predicted molar refractivity (Wildman–Crippen MR) is 88.8 cm³/mol. The molecule has 3 heteroatoms. The summed E-state index contributed by atoms with van der Waals surface area (Å²) in [6.07, 6.45) is 6.90. The fourth-order valence-electron chi connectivity index (χ4n) is 3.41. The molecule has 1 heterocycles. The van der Waals surface area contributed by atoms with E-state index in [0.717, 1.165) is 5.92 Å². The second-order valence-corrected chi connectivity index (χ2v) is 9.16. The van der Waals surface area contributed by atoms with Crippen molar-refractivity contribution in [2.45, 2.75) is 57.7 Å². The van der Waals surface area contributed by atoms with Gasteiger partial charge in [0, 0.05) is 14.2 Å². The van der Waals surface area contributed by atoms with Gasteiger partial charge in [0.2, 0.25) is 0 Å². The molecule has 18 heavy (non-hydrogen) atoms. The molecule has 1 aromatic rings. The summed E-state index contributed by atoms with van der Waals surface area (Å²) in [5.41, 5.74) is 0.480. The molecule has 1 saturated carbocycles. The topological polar surface area (TPSA) is 0 Å². The summed E-state index contributed by atoms with van der Waals surface area (Å²) in [7, 11) is 0. The van der Waals surface area contributed by atoms with Crippen molar-refractivity contribution in [3.8, 4) is 0 Å². The van der Waals surface area contributed by atoms with Crippen LogP contribution in [0.25, 0.3) is 0 Å². The van der Waals surface area contributed by atoms with Gasteiger partial charge < -0.3 is 0 Å². The third-order valence-electron chi connectivity index (χ3n) is 4.02. The van der Waals surface area contributed by atoms with E-state index in [1.54, 1.807) is 0 Å². The molecule has 1 aliphatic rings. The first-order chi connectivity index (χ1) is 8.44. The zero-order chi connectivity index (χ0) is 13.3. The van der Waals surface area contributed by atoms with E-state index in [4.69, 9.17) is 0 Å². The number of rotatable bonds is 4. The summed E-state index contributed by atoms with van der Waals surface area (Å²) in [5, 5.41) is 0. The monoisotopic (exact) mass is 392 g/mol. The van der Waals surface area contributed by atoms with Crippen LogP contribution in [0, 0.1) is 18.3 Å². The minimum Gasteiger partial charge on any atom is -0.143 e. The highest BCUT2D eigenvalue weighted by molar-refractivity contribution is 9.11. The normalized spacial score (nSPS) is 20.6. The fraction of sp³-hybridized carbons (Fsp3) is 0.733. The lowest BCUT2D eigenvalue weighted by atomic mass is 9.75. The molecule has 102 valence electrons. The van der Waals surface area contributed by atoms with Gasteiger partial charge in [0.05, 0.1) is 4.83 Å². The van der Waals surface area contributed by atoms with Crippen LogP contribution in [0.1, 0.15) is 60.5 Å². The van der Waals surface area contributed by atoms with Gasteiger partial charge in [-0.3, -0.25) is 0 Å². The molecule has 2 rings (SSSR count). The van der Waals surface area contributed by atoms with Gasteiger partial charge in [0.1, 0.15) is 0 Å². The SMILES string of the molecule is Cc1cc(Br)c(C(Br)C2(CC(C)C)CCCC2)s1. The van der Waals surface area contributed by atoms with Crippen LogP contribution in [-0.2, 0) is 0 Å². The van der Waals surface area contributed by atoms with Gasteiger partial charge in [-0.15, -0.1) is 11.3 Å². The summed E-state index contributed by atoms with van der Waals surface area (Å²) < 4.78 is 1.29. The maximum Gasteiger partial charge on any atom is 0.0556 e. The summed E-state index contributed by atoms with van der Waals surface area (Å²) in [4.78, 5) is 3.41.